The van der Waals surface area contributed by atoms with Crippen molar-refractivity contribution in [2.75, 3.05) is 13.2 Å². The zero-order valence-electron chi connectivity index (χ0n) is 15.6. The number of para-hydroxylation sites is 2. The van der Waals surface area contributed by atoms with Crippen LogP contribution in [0.2, 0.25) is 0 Å². The van der Waals surface area contributed by atoms with Crippen molar-refractivity contribution in [2.24, 2.45) is 0 Å². The molecule has 1 N–H and O–H groups in total. The highest BCUT2D eigenvalue weighted by Gasteiger charge is 2.29. The van der Waals surface area contributed by atoms with E-state index in [1.807, 2.05) is 54.6 Å². The Morgan fingerprint density at radius 2 is 1.86 bits per heavy atom. The Kier molecular flexibility index (Phi) is 5.02. The molecular formula is C22H22N2O4. The molecule has 2 heterocycles. The van der Waals surface area contributed by atoms with Crippen molar-refractivity contribution in [3.63, 3.8) is 0 Å². The van der Waals surface area contributed by atoms with Crippen molar-refractivity contribution in [1.82, 2.24) is 10.2 Å². The maximum atomic E-state index is 12.6. The molecule has 2 atom stereocenters. The lowest BCUT2D eigenvalue weighted by Gasteiger charge is -2.32. The number of hydrogen-bond donors (Lipinski definition) is 1. The van der Waals surface area contributed by atoms with Gasteiger partial charge < -0.3 is 19.7 Å². The number of rotatable bonds is 4. The summed E-state index contributed by atoms with van der Waals surface area (Å²) in [6.45, 7) is 2.23. The van der Waals surface area contributed by atoms with Gasteiger partial charge in [0.25, 0.3) is 0 Å². The first-order valence-corrected chi connectivity index (χ1v) is 9.33. The van der Waals surface area contributed by atoms with Crippen molar-refractivity contribution >= 4 is 17.9 Å². The van der Waals surface area contributed by atoms with E-state index in [0.717, 1.165) is 11.1 Å². The van der Waals surface area contributed by atoms with Crippen LogP contribution in [0.1, 0.15) is 30.5 Å². The summed E-state index contributed by atoms with van der Waals surface area (Å²) in [5.41, 5.74) is 2.00. The summed E-state index contributed by atoms with van der Waals surface area (Å²) in [5.74, 6) is 1.17. The van der Waals surface area contributed by atoms with Gasteiger partial charge in [-0.2, -0.15) is 0 Å². The molecular weight excluding hydrogens is 356 g/mol. The number of benzene rings is 2. The minimum Gasteiger partial charge on any atom is -0.486 e. The number of ether oxygens (including phenoxy) is 2. The van der Waals surface area contributed by atoms with Gasteiger partial charge in [0.2, 0.25) is 11.8 Å². The van der Waals surface area contributed by atoms with Gasteiger partial charge in [-0.25, -0.2) is 0 Å². The Morgan fingerprint density at radius 3 is 2.68 bits per heavy atom. The monoisotopic (exact) mass is 378 g/mol. The third kappa shape index (κ3) is 3.71. The molecule has 2 aromatic carbocycles. The van der Waals surface area contributed by atoms with E-state index >= 15 is 0 Å². The van der Waals surface area contributed by atoms with E-state index in [1.54, 1.807) is 11.1 Å². The number of amides is 2. The quantitative estimate of drug-likeness (QED) is 0.888. The number of carbonyl (C=O) groups is 2. The average molecular weight is 378 g/mol. The molecule has 0 saturated carbocycles. The van der Waals surface area contributed by atoms with E-state index in [4.69, 9.17) is 9.47 Å². The lowest BCUT2D eigenvalue weighted by atomic mass is 9.93. The summed E-state index contributed by atoms with van der Waals surface area (Å²) < 4.78 is 11.5. The lowest BCUT2D eigenvalue weighted by molar-refractivity contribution is -0.130. The summed E-state index contributed by atoms with van der Waals surface area (Å²) >= 11 is 0. The van der Waals surface area contributed by atoms with Gasteiger partial charge in [0, 0.05) is 13.1 Å². The average Bonchev–Trinajstić information content (AvgIpc) is 2.72. The Balaban J connectivity index is 1.39. The van der Waals surface area contributed by atoms with Crippen LogP contribution in [0.25, 0.3) is 6.08 Å². The van der Waals surface area contributed by atoms with Crippen molar-refractivity contribution in [1.29, 1.82) is 0 Å². The summed E-state index contributed by atoms with van der Waals surface area (Å²) in [7, 11) is 0. The Labute approximate surface area is 163 Å². The predicted molar refractivity (Wildman–Crippen MR) is 105 cm³/mol. The van der Waals surface area contributed by atoms with Crippen LogP contribution in [0.3, 0.4) is 0 Å². The number of nitrogens with one attached hydrogen (secondary N) is 1. The maximum absolute atomic E-state index is 12.6. The second-order valence-corrected chi connectivity index (χ2v) is 6.89. The number of carbonyl (C=O) groups excluding carboxylic acids is 2. The molecule has 4 rings (SSSR count). The second-order valence-electron chi connectivity index (χ2n) is 6.89. The zero-order valence-corrected chi connectivity index (χ0v) is 15.6. The normalized spacial score (nSPS) is 19.7. The highest BCUT2D eigenvalue weighted by atomic mass is 16.6. The van der Waals surface area contributed by atoms with E-state index in [9.17, 15) is 9.59 Å². The zero-order chi connectivity index (χ0) is 19.5. The minimum absolute atomic E-state index is 0.0934. The molecule has 0 saturated heterocycles. The van der Waals surface area contributed by atoms with Crippen molar-refractivity contribution < 1.29 is 19.1 Å². The third-order valence-corrected chi connectivity index (χ3v) is 4.94. The topological polar surface area (TPSA) is 67.9 Å². The summed E-state index contributed by atoms with van der Waals surface area (Å²) in [5, 5.41) is 2.91. The van der Waals surface area contributed by atoms with Gasteiger partial charge in [-0.05, 0) is 29.3 Å². The summed E-state index contributed by atoms with van der Waals surface area (Å²) in [6, 6.07) is 15.0. The van der Waals surface area contributed by atoms with Gasteiger partial charge >= 0.3 is 0 Å². The van der Waals surface area contributed by atoms with Crippen LogP contribution in [0.5, 0.6) is 11.5 Å². The Morgan fingerprint density at radius 1 is 1.11 bits per heavy atom. The fraction of sp³-hybridized carbons (Fsp3) is 0.273. The molecule has 28 heavy (non-hydrogen) atoms. The first-order valence-electron chi connectivity index (χ1n) is 9.33. The van der Waals surface area contributed by atoms with Crippen LogP contribution < -0.4 is 14.8 Å². The molecule has 6 heteroatoms. The highest BCUT2D eigenvalue weighted by molar-refractivity contribution is 5.81. The van der Waals surface area contributed by atoms with Gasteiger partial charge in [0.05, 0.1) is 19.0 Å². The number of nitrogens with zero attached hydrogens (tertiary/aromatic N) is 1. The maximum Gasteiger partial charge on any atom is 0.223 e. The summed E-state index contributed by atoms with van der Waals surface area (Å²) in [6.07, 6.45) is 3.58. The van der Waals surface area contributed by atoms with Crippen LogP contribution >= 0.6 is 0 Å². The third-order valence-electron chi connectivity index (χ3n) is 4.94. The molecule has 0 fully saturated rings. The molecule has 6 nitrogen and oxygen atoms in total. The van der Waals surface area contributed by atoms with Crippen LogP contribution in [-0.4, -0.2) is 36.0 Å². The Bertz CT molecular complexity index is 924. The van der Waals surface area contributed by atoms with Crippen molar-refractivity contribution in [3.8, 4) is 11.5 Å². The predicted octanol–water partition coefficient (Wildman–Crippen LogP) is 2.91. The first-order chi connectivity index (χ1) is 13.6. The first kappa shape index (κ1) is 18.1. The molecule has 2 aliphatic rings. The molecule has 0 aliphatic carbocycles. The minimum atomic E-state index is -0.317. The lowest BCUT2D eigenvalue weighted by Crippen LogP contribution is -2.42. The fourth-order valence-electron chi connectivity index (χ4n) is 3.55. The highest BCUT2D eigenvalue weighted by Crippen LogP contribution is 2.33. The van der Waals surface area contributed by atoms with Gasteiger partial charge in [-0.1, -0.05) is 36.4 Å². The number of fused-ring (bicyclic) bond motifs is 2. The molecule has 2 aliphatic heterocycles. The van der Waals surface area contributed by atoms with Crippen LogP contribution in [0.4, 0.5) is 0 Å². The molecule has 2 aromatic rings. The van der Waals surface area contributed by atoms with Gasteiger partial charge in [0.1, 0.15) is 12.7 Å². The van der Waals surface area contributed by atoms with Crippen LogP contribution in [-0.2, 0) is 9.59 Å². The van der Waals surface area contributed by atoms with Gasteiger partial charge in [0.15, 0.2) is 11.5 Å². The number of hydrogen-bond acceptors (Lipinski definition) is 4. The molecule has 0 radical (unpaired) electrons. The van der Waals surface area contributed by atoms with Crippen LogP contribution in [0.15, 0.2) is 54.7 Å². The summed E-state index contributed by atoms with van der Waals surface area (Å²) in [4.78, 5) is 26.2. The molecule has 0 unspecified atom stereocenters. The molecule has 144 valence electrons. The van der Waals surface area contributed by atoms with E-state index < -0.39 is 0 Å². The molecule has 0 bridgehead atoms. The van der Waals surface area contributed by atoms with Crippen molar-refractivity contribution in [3.05, 3.63) is 65.9 Å². The van der Waals surface area contributed by atoms with Crippen molar-refractivity contribution in [2.45, 2.75) is 25.5 Å². The molecule has 0 aromatic heterocycles. The smallest absolute Gasteiger partial charge is 0.223 e. The fourth-order valence-corrected chi connectivity index (χ4v) is 3.55. The Hall–Kier alpha value is -3.28. The molecule has 0 spiro atoms. The van der Waals surface area contributed by atoms with Gasteiger partial charge in [-0.3, -0.25) is 9.59 Å². The van der Waals surface area contributed by atoms with Crippen LogP contribution in [0, 0.1) is 0 Å². The van der Waals surface area contributed by atoms with E-state index in [-0.39, 0.29) is 30.4 Å². The van der Waals surface area contributed by atoms with E-state index in [0.29, 0.717) is 24.7 Å². The van der Waals surface area contributed by atoms with E-state index in [2.05, 4.69) is 5.32 Å². The largest absolute Gasteiger partial charge is 0.486 e. The van der Waals surface area contributed by atoms with E-state index in [1.165, 1.54) is 6.92 Å². The standard InChI is InChI=1S/C22H22N2O4/c1-15(25)24-11-10-16-6-2-3-7-18(16)19(24)12-22(26)23-13-17-14-27-20-8-4-5-9-21(20)28-17/h2-11,17,19H,12-14H2,1H3,(H,23,26)/t17-,19+/m0/s1. The van der Waals surface area contributed by atoms with Gasteiger partial charge in [-0.15, -0.1) is 0 Å². The second kappa shape index (κ2) is 7.76. The molecule has 2 amide bonds. The SMILES string of the molecule is CC(=O)N1C=Cc2ccccc2[C@H]1CC(=O)NC[C@H]1COc2ccccc2O1.